The summed E-state index contributed by atoms with van der Waals surface area (Å²) in [6.07, 6.45) is 18.8. The van der Waals surface area contributed by atoms with Crippen LogP contribution in [0.25, 0.3) is 0 Å². The highest BCUT2D eigenvalue weighted by atomic mass is 127. The molecule has 2 aromatic carbocycles. The lowest BCUT2D eigenvalue weighted by Gasteiger charge is -2.27. The molecule has 2 aromatic rings. The van der Waals surface area contributed by atoms with Gasteiger partial charge in [0.25, 0.3) is 0 Å². The summed E-state index contributed by atoms with van der Waals surface area (Å²) in [4.78, 5) is 26.0. The van der Waals surface area contributed by atoms with Crippen LogP contribution in [0.15, 0.2) is 82.6 Å². The predicted molar refractivity (Wildman–Crippen MR) is 226 cm³/mol. The number of anilines is 1. The standard InChI is InChI=1S/C46H61ClN4O4.HI/c1-45(2)36-30-34(54-7)22-24-38(36)50(28-13-9-11-18-42(52)48-5)40(45)26-20-32-16-15-17-33(44(32)47)21-27-41-46(3,4)37-31-35(55-8)23-25-39(37)51(41)29-14-10-12-19-43(53)49-6;/h20-27,30-31H,9-19,28-29H2,1-8H3,(H-,48,49,52,53);1H. The Hall–Kier alpha value is -3.57. The Bertz CT molecular complexity index is 1910. The van der Waals surface area contributed by atoms with Crippen molar-refractivity contribution in [1.29, 1.82) is 0 Å². The first-order valence-electron chi connectivity index (χ1n) is 20.1. The molecule has 1 aliphatic carbocycles. The molecular formula is C46H62ClIN4O4. The summed E-state index contributed by atoms with van der Waals surface area (Å²) in [6, 6.07) is 12.8. The van der Waals surface area contributed by atoms with Crippen LogP contribution in [-0.2, 0) is 20.4 Å². The van der Waals surface area contributed by atoms with E-state index in [4.69, 9.17) is 21.1 Å². The molecule has 2 amide bonds. The second-order valence-electron chi connectivity index (χ2n) is 15.9. The molecule has 0 spiro atoms. The van der Waals surface area contributed by atoms with Crippen LogP contribution in [0, 0.1) is 0 Å². The van der Waals surface area contributed by atoms with Crippen molar-refractivity contribution in [3.05, 3.63) is 93.7 Å². The van der Waals surface area contributed by atoms with Crippen molar-refractivity contribution in [3.63, 3.8) is 0 Å². The molecule has 0 fully saturated rings. The maximum Gasteiger partial charge on any atom is 0.219 e. The van der Waals surface area contributed by atoms with E-state index < -0.39 is 0 Å². The van der Waals surface area contributed by atoms with Crippen molar-refractivity contribution in [2.24, 2.45) is 0 Å². The van der Waals surface area contributed by atoms with E-state index in [-0.39, 0.29) is 46.6 Å². The van der Waals surface area contributed by atoms with Gasteiger partial charge in [-0.25, -0.2) is 0 Å². The van der Waals surface area contributed by atoms with E-state index in [1.807, 2.05) is 12.1 Å². The molecule has 2 heterocycles. The Morgan fingerprint density at radius 2 is 1.43 bits per heavy atom. The lowest BCUT2D eigenvalue weighted by molar-refractivity contribution is -0.438. The van der Waals surface area contributed by atoms with E-state index in [2.05, 4.69) is 96.4 Å². The van der Waals surface area contributed by atoms with E-state index in [0.29, 0.717) is 12.8 Å². The Balaban J connectivity index is 0.00000696. The van der Waals surface area contributed by atoms with Gasteiger partial charge in [-0.1, -0.05) is 44.0 Å². The number of amides is 2. The molecule has 0 unspecified atom stereocenters. The summed E-state index contributed by atoms with van der Waals surface area (Å²) in [5, 5.41) is 6.30. The van der Waals surface area contributed by atoms with E-state index in [9.17, 15) is 9.59 Å². The average Bonchev–Trinajstić information content (AvgIpc) is 3.53. The topological polar surface area (TPSA) is 82.9 Å². The molecule has 3 aliphatic rings. The number of hydrogen-bond donors (Lipinski definition) is 2. The first kappa shape index (κ1) is 45.1. The molecule has 2 N–H and O–H groups in total. The number of methoxy groups -OCH3 is 2. The molecule has 5 rings (SSSR count). The van der Waals surface area contributed by atoms with Crippen molar-refractivity contribution in [2.45, 2.75) is 109 Å². The zero-order valence-corrected chi connectivity index (χ0v) is 37.7. The van der Waals surface area contributed by atoms with Crippen molar-refractivity contribution in [3.8, 4) is 11.5 Å². The SMILES string of the molecule is CNC(=O)CCCCCN1/C(=C/C=C2\CCCC(/C=C/C3=[N+](CCCCCC(=O)NC)c4ccc(OC)cc4C3(C)C)=C2Cl)C(C)(C)c2cc(OC)ccc21.[I-]. The van der Waals surface area contributed by atoms with Gasteiger partial charge < -0.3 is 49.0 Å². The van der Waals surface area contributed by atoms with Gasteiger partial charge in [-0.05, 0) is 112 Å². The summed E-state index contributed by atoms with van der Waals surface area (Å²) in [5.41, 5.74) is 9.26. The number of nitrogens with zero attached hydrogens (tertiary/aromatic N) is 2. The van der Waals surface area contributed by atoms with Crippen LogP contribution >= 0.6 is 11.6 Å². The van der Waals surface area contributed by atoms with Crippen LogP contribution in [0.3, 0.4) is 0 Å². The molecule has 10 heteroatoms. The quantitative estimate of drug-likeness (QED) is 0.107. The number of carbonyl (C=O) groups excluding carboxylic acids is 2. The van der Waals surface area contributed by atoms with Crippen molar-refractivity contribution in [1.82, 2.24) is 10.6 Å². The Morgan fingerprint density at radius 1 is 0.804 bits per heavy atom. The molecule has 8 nitrogen and oxygen atoms in total. The Labute approximate surface area is 357 Å². The van der Waals surface area contributed by atoms with Crippen molar-refractivity contribution in [2.75, 3.05) is 46.3 Å². The minimum absolute atomic E-state index is 0. The summed E-state index contributed by atoms with van der Waals surface area (Å²) >= 11 is 7.30. The second kappa shape index (κ2) is 20.2. The maximum atomic E-state index is 11.8. The van der Waals surface area contributed by atoms with Crippen molar-refractivity contribution < 1.29 is 47.6 Å². The van der Waals surface area contributed by atoms with Crippen LogP contribution < -0.4 is 49.0 Å². The number of rotatable bonds is 17. The van der Waals surface area contributed by atoms with Gasteiger partial charge in [-0.15, -0.1) is 0 Å². The fraction of sp³-hybridized carbons (Fsp3) is 0.500. The van der Waals surface area contributed by atoms with Crippen LogP contribution in [0.2, 0.25) is 0 Å². The van der Waals surface area contributed by atoms with Gasteiger partial charge in [0.2, 0.25) is 17.5 Å². The number of ether oxygens (including phenoxy) is 2. The van der Waals surface area contributed by atoms with Gasteiger partial charge in [0.05, 0.1) is 19.6 Å². The Morgan fingerprint density at radius 3 is 2.07 bits per heavy atom. The average molecular weight is 897 g/mol. The van der Waals surface area contributed by atoms with Crippen LogP contribution in [0.1, 0.15) is 109 Å². The largest absolute Gasteiger partial charge is 1.00 e. The van der Waals surface area contributed by atoms with E-state index in [0.717, 1.165) is 98.6 Å². The number of halogens is 2. The van der Waals surface area contributed by atoms with Gasteiger partial charge >= 0.3 is 0 Å². The minimum atomic E-state index is -0.231. The molecule has 2 aliphatic heterocycles. The third-order valence-corrected chi connectivity index (χ3v) is 12.2. The molecular weight excluding hydrogens is 835 g/mol. The molecule has 0 bridgehead atoms. The number of hydrogen-bond acceptors (Lipinski definition) is 5. The fourth-order valence-electron chi connectivity index (χ4n) is 8.33. The normalized spacial score (nSPS) is 18.3. The molecule has 0 aromatic heterocycles. The van der Waals surface area contributed by atoms with Gasteiger partial charge in [0.15, 0.2) is 5.71 Å². The monoisotopic (exact) mass is 896 g/mol. The second-order valence-corrected chi connectivity index (χ2v) is 16.3. The third kappa shape index (κ3) is 10.1. The van der Waals surface area contributed by atoms with Gasteiger partial charge in [0, 0.05) is 79.4 Å². The highest BCUT2D eigenvalue weighted by molar-refractivity contribution is 6.32. The lowest BCUT2D eigenvalue weighted by Crippen LogP contribution is -3.00. The summed E-state index contributed by atoms with van der Waals surface area (Å²) in [5.74, 6) is 1.91. The number of benzene rings is 2. The first-order chi connectivity index (χ1) is 26.4. The zero-order valence-electron chi connectivity index (χ0n) is 34.7. The van der Waals surface area contributed by atoms with E-state index >= 15 is 0 Å². The van der Waals surface area contributed by atoms with Crippen molar-refractivity contribution >= 4 is 40.5 Å². The number of nitrogens with one attached hydrogen (secondary N) is 2. The summed E-state index contributed by atoms with van der Waals surface area (Å²) in [7, 11) is 6.83. The Kier molecular flexibility index (Phi) is 16.3. The third-order valence-electron chi connectivity index (χ3n) is 11.7. The number of carbonyl (C=O) groups is 2. The highest BCUT2D eigenvalue weighted by Gasteiger charge is 2.44. The molecule has 304 valence electrons. The highest BCUT2D eigenvalue weighted by Crippen LogP contribution is 2.49. The summed E-state index contributed by atoms with van der Waals surface area (Å²) < 4.78 is 13.7. The molecule has 56 heavy (non-hydrogen) atoms. The summed E-state index contributed by atoms with van der Waals surface area (Å²) in [6.45, 7) is 10.9. The first-order valence-corrected chi connectivity index (χ1v) is 20.4. The molecule has 0 radical (unpaired) electrons. The van der Waals surface area contributed by atoms with Gasteiger partial charge in [-0.2, -0.15) is 4.58 Å². The maximum absolute atomic E-state index is 11.8. The van der Waals surface area contributed by atoms with Crippen LogP contribution in [-0.4, -0.2) is 63.5 Å². The van der Waals surface area contributed by atoms with Gasteiger partial charge in [-0.3, -0.25) is 9.59 Å². The zero-order chi connectivity index (χ0) is 39.8. The van der Waals surface area contributed by atoms with E-state index in [1.165, 1.54) is 33.9 Å². The van der Waals surface area contributed by atoms with Gasteiger partial charge in [0.1, 0.15) is 18.0 Å². The van der Waals surface area contributed by atoms with Crippen LogP contribution in [0.5, 0.6) is 11.5 Å². The predicted octanol–water partition coefficient (Wildman–Crippen LogP) is 6.54. The van der Waals surface area contributed by atoms with E-state index in [1.54, 1.807) is 28.3 Å². The fourth-order valence-corrected chi connectivity index (χ4v) is 8.64. The number of fused-ring (bicyclic) bond motifs is 2. The molecule has 0 saturated carbocycles. The number of unbranched alkanes of at least 4 members (excludes halogenated alkanes) is 4. The lowest BCUT2D eigenvalue weighted by atomic mass is 9.81. The van der Waals surface area contributed by atoms with Crippen LogP contribution in [0.4, 0.5) is 11.4 Å². The molecule has 0 atom stereocenters. The smallest absolute Gasteiger partial charge is 0.219 e. The number of allylic oxidation sites excluding steroid dienone is 8. The minimum Gasteiger partial charge on any atom is -1.00 e. The molecule has 0 saturated heterocycles.